The van der Waals surface area contributed by atoms with Gasteiger partial charge in [-0.1, -0.05) is 11.8 Å². The first-order valence-electron chi connectivity index (χ1n) is 5.99. The maximum atomic E-state index is 11.3. The summed E-state index contributed by atoms with van der Waals surface area (Å²) in [7, 11) is 0. The molecule has 0 bridgehead atoms. The van der Waals surface area contributed by atoms with Crippen molar-refractivity contribution >= 4 is 22.8 Å². The number of thioether (sulfide) groups is 1. The molecule has 0 radical (unpaired) electrons. The Morgan fingerprint density at radius 1 is 1.78 bits per heavy atom. The maximum Gasteiger partial charge on any atom is 0.316 e. The van der Waals surface area contributed by atoms with Crippen molar-refractivity contribution in [1.29, 1.82) is 5.26 Å². The van der Waals surface area contributed by atoms with E-state index in [0.29, 0.717) is 17.2 Å². The summed E-state index contributed by atoms with van der Waals surface area (Å²) < 4.78 is 4.86. The predicted octanol–water partition coefficient (Wildman–Crippen LogP) is 1.52. The number of hydrogen-bond acceptors (Lipinski definition) is 6. The normalized spacial score (nSPS) is 21.8. The lowest BCUT2D eigenvalue weighted by molar-refractivity contribution is -0.139. The molecule has 0 unspecified atom stereocenters. The molecule has 5 nitrogen and oxygen atoms in total. The van der Waals surface area contributed by atoms with Crippen molar-refractivity contribution in [2.45, 2.75) is 25.9 Å². The Hall–Kier alpha value is -1.48. The average Bonchev–Trinajstić information content (AvgIpc) is 2.82. The standard InChI is InChI=1S/C12H15N3O2S/c1-2-17-11(16)8-18-12-9(6-13)7-15-5-3-4-10(15)14-12/h7,10H,2-5,8H2,1H3/t10-/m0/s1. The fourth-order valence-corrected chi connectivity index (χ4v) is 2.80. The first-order chi connectivity index (χ1) is 8.74. The van der Waals surface area contributed by atoms with Gasteiger partial charge >= 0.3 is 5.97 Å². The van der Waals surface area contributed by atoms with Crippen molar-refractivity contribution in [1.82, 2.24) is 4.90 Å². The predicted molar refractivity (Wildman–Crippen MR) is 70.0 cm³/mol. The van der Waals surface area contributed by atoms with Crippen LogP contribution in [0.25, 0.3) is 0 Å². The molecule has 2 rings (SSSR count). The molecule has 6 heteroatoms. The molecule has 0 N–H and O–H groups in total. The van der Waals surface area contributed by atoms with Crippen LogP contribution in [0, 0.1) is 11.3 Å². The van der Waals surface area contributed by atoms with Gasteiger partial charge in [-0.3, -0.25) is 9.79 Å². The number of hydrogen-bond donors (Lipinski definition) is 0. The van der Waals surface area contributed by atoms with Gasteiger partial charge in [-0.2, -0.15) is 5.26 Å². The van der Waals surface area contributed by atoms with Crippen molar-refractivity contribution in [3.63, 3.8) is 0 Å². The summed E-state index contributed by atoms with van der Waals surface area (Å²) in [6.07, 6.45) is 4.11. The number of carbonyl (C=O) groups excluding carboxylic acids is 1. The lowest BCUT2D eigenvalue weighted by Gasteiger charge is -2.25. The van der Waals surface area contributed by atoms with Gasteiger partial charge < -0.3 is 9.64 Å². The molecule has 18 heavy (non-hydrogen) atoms. The Morgan fingerprint density at radius 3 is 3.33 bits per heavy atom. The molecule has 1 saturated heterocycles. The van der Waals surface area contributed by atoms with Crippen molar-refractivity contribution < 1.29 is 9.53 Å². The van der Waals surface area contributed by atoms with E-state index in [9.17, 15) is 4.79 Å². The van der Waals surface area contributed by atoms with Crippen LogP contribution in [0.3, 0.4) is 0 Å². The van der Waals surface area contributed by atoms with Gasteiger partial charge in [0.15, 0.2) is 0 Å². The molecule has 0 aliphatic carbocycles. The molecule has 0 spiro atoms. The topological polar surface area (TPSA) is 65.7 Å². The SMILES string of the molecule is CCOC(=O)CSC1=N[C@@H]2CCCN2C=C1C#N. The molecular weight excluding hydrogens is 250 g/mol. The van der Waals surface area contributed by atoms with Gasteiger partial charge in [0.05, 0.1) is 17.9 Å². The molecule has 96 valence electrons. The van der Waals surface area contributed by atoms with Crippen LogP contribution in [0.15, 0.2) is 16.8 Å². The number of rotatable bonds is 3. The lowest BCUT2D eigenvalue weighted by atomic mass is 10.3. The van der Waals surface area contributed by atoms with Crippen molar-refractivity contribution in [3.05, 3.63) is 11.8 Å². The van der Waals surface area contributed by atoms with E-state index in [0.717, 1.165) is 19.4 Å². The molecule has 2 aliphatic heterocycles. The van der Waals surface area contributed by atoms with Gasteiger partial charge in [-0.05, 0) is 19.8 Å². The van der Waals surface area contributed by atoms with E-state index in [4.69, 9.17) is 10.00 Å². The van der Waals surface area contributed by atoms with Crippen LogP contribution in [0.1, 0.15) is 19.8 Å². The number of esters is 1. The third-order valence-electron chi connectivity index (χ3n) is 2.81. The second-order valence-corrected chi connectivity index (χ2v) is 5.01. The zero-order valence-electron chi connectivity index (χ0n) is 10.3. The fraction of sp³-hybridized carbons (Fsp3) is 0.583. The summed E-state index contributed by atoms with van der Waals surface area (Å²) >= 11 is 1.29. The monoisotopic (exact) mass is 265 g/mol. The quantitative estimate of drug-likeness (QED) is 0.724. The summed E-state index contributed by atoms with van der Waals surface area (Å²) in [6.45, 7) is 3.11. The third kappa shape index (κ3) is 2.85. The van der Waals surface area contributed by atoms with Gasteiger partial charge in [-0.15, -0.1) is 0 Å². The molecule has 0 aromatic rings. The number of fused-ring (bicyclic) bond motifs is 1. The maximum absolute atomic E-state index is 11.3. The largest absolute Gasteiger partial charge is 0.465 e. The highest BCUT2D eigenvalue weighted by Gasteiger charge is 2.27. The van der Waals surface area contributed by atoms with Gasteiger partial charge in [0.1, 0.15) is 17.3 Å². The van der Waals surface area contributed by atoms with E-state index in [-0.39, 0.29) is 17.9 Å². The van der Waals surface area contributed by atoms with Crippen molar-refractivity contribution in [2.24, 2.45) is 4.99 Å². The molecule has 0 amide bonds. The highest BCUT2D eigenvalue weighted by Crippen LogP contribution is 2.27. The minimum atomic E-state index is -0.267. The second-order valence-electron chi connectivity index (χ2n) is 4.04. The summed E-state index contributed by atoms with van der Waals surface area (Å²) in [6, 6.07) is 2.14. The first-order valence-corrected chi connectivity index (χ1v) is 6.97. The molecule has 2 aliphatic rings. The van der Waals surface area contributed by atoms with Crippen molar-refractivity contribution in [2.75, 3.05) is 18.9 Å². The number of carbonyl (C=O) groups is 1. The molecule has 1 fully saturated rings. The Morgan fingerprint density at radius 2 is 2.61 bits per heavy atom. The average molecular weight is 265 g/mol. The minimum absolute atomic E-state index is 0.145. The molecule has 2 heterocycles. The lowest BCUT2D eigenvalue weighted by Crippen LogP contribution is -2.28. The van der Waals surface area contributed by atoms with Crippen LogP contribution in [0.4, 0.5) is 0 Å². The first kappa shape index (κ1) is 13.0. The number of ether oxygens (including phenoxy) is 1. The number of nitrogens with zero attached hydrogens (tertiary/aromatic N) is 3. The smallest absolute Gasteiger partial charge is 0.316 e. The molecule has 1 atom stereocenters. The molecule has 0 aromatic carbocycles. The van der Waals surface area contributed by atoms with Crippen LogP contribution in [0.5, 0.6) is 0 Å². The van der Waals surface area contributed by atoms with Crippen LogP contribution >= 0.6 is 11.8 Å². The van der Waals surface area contributed by atoms with Gasteiger partial charge in [-0.25, -0.2) is 0 Å². The van der Waals surface area contributed by atoms with Crippen LogP contribution in [0.2, 0.25) is 0 Å². The van der Waals surface area contributed by atoms with Gasteiger partial charge in [0.2, 0.25) is 0 Å². The Bertz CT molecular complexity index is 439. The third-order valence-corrected chi connectivity index (χ3v) is 3.78. The van der Waals surface area contributed by atoms with E-state index < -0.39 is 0 Å². The Balaban J connectivity index is 2.00. The second kappa shape index (κ2) is 5.91. The number of aliphatic imine (C=N–C) groups is 1. The van der Waals surface area contributed by atoms with E-state index in [1.807, 2.05) is 6.20 Å². The fourth-order valence-electron chi connectivity index (χ4n) is 2.01. The summed E-state index contributed by atoms with van der Waals surface area (Å²) in [5.41, 5.74) is 0.544. The zero-order valence-corrected chi connectivity index (χ0v) is 11.1. The summed E-state index contributed by atoms with van der Waals surface area (Å²) in [5, 5.41) is 9.76. The number of nitriles is 1. The molecule has 0 aromatic heterocycles. The Kier molecular flexibility index (Phi) is 4.26. The van der Waals surface area contributed by atoms with E-state index in [1.165, 1.54) is 11.8 Å². The summed E-state index contributed by atoms with van der Waals surface area (Å²) in [5.74, 6) is -0.0605. The highest BCUT2D eigenvalue weighted by molar-refractivity contribution is 8.15. The van der Waals surface area contributed by atoms with Crippen LogP contribution in [-0.2, 0) is 9.53 Å². The van der Waals surface area contributed by atoms with Crippen LogP contribution < -0.4 is 0 Å². The molecule has 0 saturated carbocycles. The van der Waals surface area contributed by atoms with Gasteiger partial charge in [0, 0.05) is 12.7 Å². The minimum Gasteiger partial charge on any atom is -0.465 e. The molecular formula is C12H15N3O2S. The van der Waals surface area contributed by atoms with Crippen molar-refractivity contribution in [3.8, 4) is 6.07 Å². The highest BCUT2D eigenvalue weighted by atomic mass is 32.2. The zero-order chi connectivity index (χ0) is 13.0. The van der Waals surface area contributed by atoms with Gasteiger partial charge in [0.25, 0.3) is 0 Å². The van der Waals surface area contributed by atoms with E-state index in [1.54, 1.807) is 6.92 Å². The van der Waals surface area contributed by atoms with Crippen LogP contribution in [-0.4, -0.2) is 41.0 Å². The van der Waals surface area contributed by atoms with E-state index >= 15 is 0 Å². The summed E-state index contributed by atoms with van der Waals surface area (Å²) in [4.78, 5) is 17.9. The Labute approximate surface area is 110 Å². The van der Waals surface area contributed by atoms with E-state index in [2.05, 4.69) is 16.0 Å².